The van der Waals surface area contributed by atoms with Gasteiger partial charge in [-0.2, -0.15) is 16.1 Å². The summed E-state index contributed by atoms with van der Waals surface area (Å²) in [5.74, 6) is 3.19. The van der Waals surface area contributed by atoms with Gasteiger partial charge in [-0.05, 0) is 17.8 Å². The number of nitrogens with one attached hydrogen (secondary N) is 1. The predicted octanol–water partition coefficient (Wildman–Crippen LogP) is 1.91. The first-order valence-electron chi connectivity index (χ1n) is 5.64. The van der Waals surface area contributed by atoms with Gasteiger partial charge in [-0.1, -0.05) is 0 Å². The minimum Gasteiger partial charge on any atom is -0.382 e. The second kappa shape index (κ2) is 6.72. The summed E-state index contributed by atoms with van der Waals surface area (Å²) < 4.78 is 4.17. The van der Waals surface area contributed by atoms with E-state index in [0.717, 1.165) is 23.0 Å². The summed E-state index contributed by atoms with van der Waals surface area (Å²) in [6.07, 6.45) is 2.03. The van der Waals surface area contributed by atoms with E-state index in [2.05, 4.69) is 14.6 Å². The van der Waals surface area contributed by atoms with Crippen LogP contribution >= 0.6 is 35.1 Å². The van der Waals surface area contributed by atoms with Gasteiger partial charge in [0, 0.05) is 37.7 Å². The Morgan fingerprint density at radius 3 is 2.94 bits per heavy atom. The third-order valence-corrected chi connectivity index (χ3v) is 5.41. The average Bonchev–Trinajstić information content (AvgIpc) is 2.71. The lowest BCUT2D eigenvalue weighted by molar-refractivity contribution is 0.314. The molecule has 0 atom stereocenters. The molecule has 0 aliphatic carbocycles. The highest BCUT2D eigenvalue weighted by molar-refractivity contribution is 7.99. The molecule has 1 aromatic rings. The smallest absolute Gasteiger partial charge is 0.153 e. The molecule has 0 bridgehead atoms. The summed E-state index contributed by atoms with van der Waals surface area (Å²) in [7, 11) is 0. The Hall–Kier alpha value is -0.110. The van der Waals surface area contributed by atoms with Crippen molar-refractivity contribution < 1.29 is 0 Å². The Balaban J connectivity index is 1.77. The quantitative estimate of drug-likeness (QED) is 0.808. The van der Waals surface area contributed by atoms with Crippen LogP contribution in [0.1, 0.15) is 0 Å². The Morgan fingerprint density at radius 1 is 1.47 bits per heavy atom. The molecule has 7 heteroatoms. The number of nitrogens with two attached hydrogens (primary N) is 1. The highest BCUT2D eigenvalue weighted by Crippen LogP contribution is 2.34. The van der Waals surface area contributed by atoms with Gasteiger partial charge in [0.1, 0.15) is 5.00 Å². The minimum absolute atomic E-state index is 0.652. The fourth-order valence-corrected chi connectivity index (χ4v) is 4.30. The molecule has 1 fully saturated rings. The Labute approximate surface area is 115 Å². The van der Waals surface area contributed by atoms with E-state index in [0.29, 0.717) is 5.82 Å². The lowest BCUT2D eigenvalue weighted by atomic mass is 10.4. The molecule has 1 aliphatic rings. The molecular weight excluding hydrogens is 272 g/mol. The van der Waals surface area contributed by atoms with Gasteiger partial charge in [0.2, 0.25) is 0 Å². The average molecular weight is 290 g/mol. The molecule has 0 amide bonds. The highest BCUT2D eigenvalue weighted by atomic mass is 32.2. The molecule has 0 aromatic carbocycles. The van der Waals surface area contributed by atoms with E-state index in [1.165, 1.54) is 36.1 Å². The van der Waals surface area contributed by atoms with Gasteiger partial charge in [0.25, 0.3) is 0 Å². The third kappa shape index (κ3) is 3.67. The van der Waals surface area contributed by atoms with Crippen LogP contribution in [0.4, 0.5) is 10.8 Å². The van der Waals surface area contributed by atoms with E-state index < -0.39 is 0 Å². The fourth-order valence-electron chi connectivity index (χ4n) is 1.76. The van der Waals surface area contributed by atoms with Gasteiger partial charge < -0.3 is 11.1 Å². The maximum Gasteiger partial charge on any atom is 0.153 e. The molecule has 1 saturated heterocycles. The molecular formula is C10H18N4S3. The van der Waals surface area contributed by atoms with Crippen molar-refractivity contribution in [1.29, 1.82) is 0 Å². The summed E-state index contributed by atoms with van der Waals surface area (Å²) in [5.41, 5.74) is 5.79. The van der Waals surface area contributed by atoms with Crippen LogP contribution in [0.15, 0.2) is 4.90 Å². The normalized spacial score (nSPS) is 17.2. The van der Waals surface area contributed by atoms with Gasteiger partial charge in [-0.3, -0.25) is 4.90 Å². The Kier molecular flexibility index (Phi) is 5.27. The number of hydrogen-bond donors (Lipinski definition) is 2. The maximum absolute atomic E-state index is 5.79. The summed E-state index contributed by atoms with van der Waals surface area (Å²) in [5, 5.41) is 4.55. The Bertz CT molecular complexity index is 349. The molecule has 96 valence electrons. The molecule has 0 saturated carbocycles. The van der Waals surface area contributed by atoms with Crippen molar-refractivity contribution in [3.05, 3.63) is 0 Å². The number of anilines is 2. The standard InChI is InChI=1S/C10H18N4S3/c1-15-8-9(11)13-17-10(8)12-2-3-14-4-6-16-7-5-14/h12H,2-7H2,1H3,(H2,11,13). The van der Waals surface area contributed by atoms with Crippen LogP contribution in [0.5, 0.6) is 0 Å². The molecule has 1 aromatic heterocycles. The third-order valence-electron chi connectivity index (χ3n) is 2.70. The predicted molar refractivity (Wildman–Crippen MR) is 80.6 cm³/mol. The first-order chi connectivity index (χ1) is 8.31. The van der Waals surface area contributed by atoms with E-state index in [4.69, 9.17) is 5.73 Å². The molecule has 0 radical (unpaired) electrons. The molecule has 17 heavy (non-hydrogen) atoms. The largest absolute Gasteiger partial charge is 0.382 e. The number of nitrogen functional groups attached to an aromatic ring is 1. The SMILES string of the molecule is CSc1c(N)nsc1NCCN1CCSCC1. The van der Waals surface area contributed by atoms with Gasteiger partial charge in [0.15, 0.2) is 5.82 Å². The second-order valence-electron chi connectivity index (χ2n) is 3.81. The molecule has 1 aliphatic heterocycles. The van der Waals surface area contributed by atoms with Crippen LogP contribution in [-0.4, -0.2) is 53.2 Å². The fraction of sp³-hybridized carbons (Fsp3) is 0.700. The Morgan fingerprint density at radius 2 is 2.24 bits per heavy atom. The van der Waals surface area contributed by atoms with Crippen LogP contribution < -0.4 is 11.1 Å². The van der Waals surface area contributed by atoms with Crippen LogP contribution in [-0.2, 0) is 0 Å². The van der Waals surface area contributed by atoms with E-state index >= 15 is 0 Å². The number of hydrogen-bond acceptors (Lipinski definition) is 7. The zero-order chi connectivity index (χ0) is 12.1. The second-order valence-corrected chi connectivity index (χ2v) is 6.63. The minimum atomic E-state index is 0.652. The van der Waals surface area contributed by atoms with Crippen molar-refractivity contribution in [2.75, 3.05) is 55.0 Å². The summed E-state index contributed by atoms with van der Waals surface area (Å²) in [6.45, 7) is 4.51. The van der Waals surface area contributed by atoms with Gasteiger partial charge >= 0.3 is 0 Å². The lowest BCUT2D eigenvalue weighted by Crippen LogP contribution is -2.36. The van der Waals surface area contributed by atoms with Crippen molar-refractivity contribution in [1.82, 2.24) is 9.27 Å². The van der Waals surface area contributed by atoms with Gasteiger partial charge in [-0.15, -0.1) is 11.8 Å². The van der Waals surface area contributed by atoms with Crippen LogP contribution in [0, 0.1) is 0 Å². The molecule has 2 heterocycles. The summed E-state index contributed by atoms with van der Waals surface area (Å²) >= 11 is 5.16. The van der Waals surface area contributed by atoms with Gasteiger partial charge in [0.05, 0.1) is 4.90 Å². The zero-order valence-corrected chi connectivity index (χ0v) is 12.4. The first-order valence-corrected chi connectivity index (χ1v) is 8.79. The van der Waals surface area contributed by atoms with Crippen molar-refractivity contribution in [2.45, 2.75) is 4.90 Å². The molecule has 0 unspecified atom stereocenters. The number of rotatable bonds is 5. The van der Waals surface area contributed by atoms with Crippen molar-refractivity contribution in [2.24, 2.45) is 0 Å². The van der Waals surface area contributed by atoms with Crippen LogP contribution in [0.2, 0.25) is 0 Å². The van der Waals surface area contributed by atoms with Crippen LogP contribution in [0.3, 0.4) is 0 Å². The molecule has 0 spiro atoms. The van der Waals surface area contributed by atoms with E-state index in [1.54, 1.807) is 11.8 Å². The van der Waals surface area contributed by atoms with E-state index in [1.807, 2.05) is 18.0 Å². The lowest BCUT2D eigenvalue weighted by Gasteiger charge is -2.26. The number of nitrogens with zero attached hydrogens (tertiary/aromatic N) is 2. The zero-order valence-electron chi connectivity index (χ0n) is 9.94. The van der Waals surface area contributed by atoms with Crippen LogP contribution in [0.25, 0.3) is 0 Å². The maximum atomic E-state index is 5.79. The molecule has 2 rings (SSSR count). The van der Waals surface area contributed by atoms with Gasteiger partial charge in [-0.25, -0.2) is 0 Å². The monoisotopic (exact) mass is 290 g/mol. The summed E-state index contributed by atoms with van der Waals surface area (Å²) in [6, 6.07) is 0. The topological polar surface area (TPSA) is 54.2 Å². The van der Waals surface area contributed by atoms with Crippen molar-refractivity contribution >= 4 is 45.9 Å². The van der Waals surface area contributed by atoms with Crippen molar-refractivity contribution in [3.63, 3.8) is 0 Å². The van der Waals surface area contributed by atoms with E-state index in [-0.39, 0.29) is 0 Å². The van der Waals surface area contributed by atoms with E-state index in [9.17, 15) is 0 Å². The van der Waals surface area contributed by atoms with Crippen molar-refractivity contribution in [3.8, 4) is 0 Å². The summed E-state index contributed by atoms with van der Waals surface area (Å²) in [4.78, 5) is 3.59. The highest BCUT2D eigenvalue weighted by Gasteiger charge is 2.12. The first kappa shape index (κ1) is 13.3. The molecule has 3 N–H and O–H groups in total. The number of aromatic nitrogens is 1. The molecule has 4 nitrogen and oxygen atoms in total. The number of thioether (sulfide) groups is 2.